The van der Waals surface area contributed by atoms with E-state index in [9.17, 15) is 0 Å². The zero-order chi connectivity index (χ0) is 18.0. The number of nitrogens with one attached hydrogen (secondary N) is 1. The van der Waals surface area contributed by atoms with Gasteiger partial charge in [0.2, 0.25) is 0 Å². The number of benzene rings is 2. The molecule has 2 atom stereocenters. The summed E-state index contributed by atoms with van der Waals surface area (Å²) in [4.78, 5) is 0. The Morgan fingerprint density at radius 3 is 2.44 bits per heavy atom. The van der Waals surface area contributed by atoms with Crippen LogP contribution in [0, 0.1) is 6.92 Å². The number of rotatable bonds is 2. The third-order valence-corrected chi connectivity index (χ3v) is 6.65. The number of ether oxygens (including phenoxy) is 1. The van der Waals surface area contributed by atoms with Gasteiger partial charge in [-0.2, -0.15) is 0 Å². The quantitative estimate of drug-likeness (QED) is 0.608. The van der Waals surface area contributed by atoms with Gasteiger partial charge in [0, 0.05) is 15.5 Å². The molecule has 0 aromatic heterocycles. The van der Waals surface area contributed by atoms with E-state index in [0.717, 1.165) is 29.8 Å². The topological polar surface area (TPSA) is 21.3 Å². The molecule has 0 amide bonds. The standard InChI is InChI=1S/C19H20BrNO.C4H8.ClH/c1-13-2-4-14(5-3-13)11-19-8-9-21-18(19)12-22-17-10-15(20)6-7-16(17)19;1-2-4-3-1;/h2-7,10,18,21H,8-9,11-12H2,1H3;1-4H2;1H. The molecule has 2 aromatic carbocycles. The molecular formula is C23H29BrClNO. The van der Waals surface area contributed by atoms with Crippen molar-refractivity contribution in [3.8, 4) is 5.75 Å². The Hall–Kier alpha value is -1.03. The Morgan fingerprint density at radius 1 is 1.07 bits per heavy atom. The van der Waals surface area contributed by atoms with E-state index in [1.54, 1.807) is 0 Å². The minimum absolute atomic E-state index is 0. The van der Waals surface area contributed by atoms with Gasteiger partial charge in [-0.1, -0.05) is 77.5 Å². The first-order valence-electron chi connectivity index (χ1n) is 9.89. The molecule has 1 aliphatic carbocycles. The summed E-state index contributed by atoms with van der Waals surface area (Å²) in [5.74, 6) is 1.04. The lowest BCUT2D eigenvalue weighted by atomic mass is 9.69. The van der Waals surface area contributed by atoms with Crippen molar-refractivity contribution in [1.29, 1.82) is 0 Å². The molecule has 2 fully saturated rings. The van der Waals surface area contributed by atoms with Gasteiger partial charge < -0.3 is 10.1 Å². The summed E-state index contributed by atoms with van der Waals surface area (Å²) < 4.78 is 7.09. The maximum atomic E-state index is 6.01. The van der Waals surface area contributed by atoms with Crippen molar-refractivity contribution in [1.82, 2.24) is 5.32 Å². The van der Waals surface area contributed by atoms with Gasteiger partial charge in [-0.05, 0) is 44.0 Å². The Balaban J connectivity index is 0.000000375. The molecule has 1 saturated heterocycles. The Bertz CT molecular complexity index is 755. The first-order chi connectivity index (χ1) is 12.7. The molecule has 0 spiro atoms. The van der Waals surface area contributed by atoms with Crippen LogP contribution in [0.4, 0.5) is 0 Å². The second-order valence-corrected chi connectivity index (χ2v) is 8.86. The molecule has 0 radical (unpaired) electrons. The highest BCUT2D eigenvalue weighted by Crippen LogP contribution is 2.46. The first-order valence-corrected chi connectivity index (χ1v) is 10.7. The molecule has 146 valence electrons. The maximum Gasteiger partial charge on any atom is 0.124 e. The molecule has 5 rings (SSSR count). The number of halogens is 2. The van der Waals surface area contributed by atoms with Gasteiger partial charge in [-0.15, -0.1) is 12.4 Å². The SMILES string of the molecule is C1CCC1.Cc1ccc(CC23CCNC2COc2cc(Br)ccc23)cc1.Cl. The van der Waals surface area contributed by atoms with Crippen LogP contribution in [0.15, 0.2) is 46.9 Å². The third-order valence-electron chi connectivity index (χ3n) is 6.15. The van der Waals surface area contributed by atoms with Crippen LogP contribution in [0.25, 0.3) is 0 Å². The van der Waals surface area contributed by atoms with E-state index < -0.39 is 0 Å². The summed E-state index contributed by atoms with van der Waals surface area (Å²) in [6.07, 6.45) is 8.24. The van der Waals surface area contributed by atoms with Crippen molar-refractivity contribution in [2.45, 2.75) is 56.9 Å². The Labute approximate surface area is 177 Å². The normalized spacial score (nSPS) is 24.9. The maximum absolute atomic E-state index is 6.01. The zero-order valence-corrected chi connectivity index (χ0v) is 18.4. The van der Waals surface area contributed by atoms with E-state index in [2.05, 4.69) is 70.6 Å². The average molecular weight is 451 g/mol. The van der Waals surface area contributed by atoms with Crippen molar-refractivity contribution in [3.63, 3.8) is 0 Å². The molecule has 1 N–H and O–H groups in total. The minimum Gasteiger partial charge on any atom is -0.492 e. The van der Waals surface area contributed by atoms with Crippen LogP contribution >= 0.6 is 28.3 Å². The lowest BCUT2D eigenvalue weighted by molar-refractivity contribution is 0.187. The molecule has 3 aliphatic rings. The van der Waals surface area contributed by atoms with E-state index in [1.165, 1.54) is 48.8 Å². The van der Waals surface area contributed by atoms with Crippen molar-refractivity contribution >= 4 is 28.3 Å². The highest BCUT2D eigenvalue weighted by molar-refractivity contribution is 9.10. The number of fused-ring (bicyclic) bond motifs is 3. The second kappa shape index (κ2) is 8.98. The lowest BCUT2D eigenvalue weighted by Gasteiger charge is -2.41. The van der Waals surface area contributed by atoms with Gasteiger partial charge >= 0.3 is 0 Å². The van der Waals surface area contributed by atoms with Crippen LogP contribution < -0.4 is 10.1 Å². The number of aryl methyl sites for hydroxylation is 1. The fourth-order valence-corrected chi connectivity index (χ4v) is 4.55. The van der Waals surface area contributed by atoms with Crippen molar-refractivity contribution < 1.29 is 4.74 Å². The summed E-state index contributed by atoms with van der Waals surface area (Å²) in [7, 11) is 0. The van der Waals surface area contributed by atoms with E-state index in [1.807, 2.05) is 0 Å². The van der Waals surface area contributed by atoms with Crippen LogP contribution in [0.1, 0.15) is 48.8 Å². The fourth-order valence-electron chi connectivity index (χ4n) is 4.21. The Kier molecular flexibility index (Phi) is 6.88. The zero-order valence-electron chi connectivity index (χ0n) is 16.0. The van der Waals surface area contributed by atoms with Crippen molar-refractivity contribution in [2.75, 3.05) is 13.2 Å². The summed E-state index contributed by atoms with van der Waals surface area (Å²) in [6.45, 7) is 3.97. The molecule has 4 heteroatoms. The monoisotopic (exact) mass is 449 g/mol. The minimum atomic E-state index is 0. The van der Waals surface area contributed by atoms with Crippen LogP contribution in [0.5, 0.6) is 5.75 Å². The van der Waals surface area contributed by atoms with Crippen LogP contribution in [0.3, 0.4) is 0 Å². The second-order valence-electron chi connectivity index (χ2n) is 7.94. The van der Waals surface area contributed by atoms with Crippen LogP contribution in [0.2, 0.25) is 0 Å². The average Bonchev–Trinajstić information content (AvgIpc) is 2.99. The predicted molar refractivity (Wildman–Crippen MR) is 118 cm³/mol. The molecule has 2 aromatic rings. The number of hydrogen-bond donors (Lipinski definition) is 1. The van der Waals surface area contributed by atoms with Gasteiger partial charge in [0.25, 0.3) is 0 Å². The van der Waals surface area contributed by atoms with Gasteiger partial charge in [-0.3, -0.25) is 0 Å². The smallest absolute Gasteiger partial charge is 0.124 e. The molecule has 0 bridgehead atoms. The third kappa shape index (κ3) is 4.36. The van der Waals surface area contributed by atoms with E-state index in [-0.39, 0.29) is 17.8 Å². The highest BCUT2D eigenvalue weighted by atomic mass is 79.9. The molecular weight excluding hydrogens is 422 g/mol. The van der Waals surface area contributed by atoms with Crippen LogP contribution in [-0.4, -0.2) is 19.2 Å². The molecule has 27 heavy (non-hydrogen) atoms. The Morgan fingerprint density at radius 2 is 1.78 bits per heavy atom. The van der Waals surface area contributed by atoms with Crippen LogP contribution in [-0.2, 0) is 11.8 Å². The van der Waals surface area contributed by atoms with E-state index in [0.29, 0.717) is 6.04 Å². The summed E-state index contributed by atoms with van der Waals surface area (Å²) >= 11 is 3.56. The first kappa shape index (κ1) is 20.7. The predicted octanol–water partition coefficient (Wildman–Crippen LogP) is 5.97. The van der Waals surface area contributed by atoms with Gasteiger partial charge in [0.15, 0.2) is 0 Å². The molecule has 1 saturated carbocycles. The van der Waals surface area contributed by atoms with Crippen molar-refractivity contribution in [3.05, 3.63) is 63.6 Å². The molecule has 2 nitrogen and oxygen atoms in total. The largest absolute Gasteiger partial charge is 0.492 e. The van der Waals surface area contributed by atoms with Gasteiger partial charge in [0.1, 0.15) is 12.4 Å². The number of hydrogen-bond acceptors (Lipinski definition) is 2. The van der Waals surface area contributed by atoms with Gasteiger partial charge in [-0.25, -0.2) is 0 Å². The van der Waals surface area contributed by atoms with Gasteiger partial charge in [0.05, 0.1) is 6.04 Å². The van der Waals surface area contributed by atoms with Crippen molar-refractivity contribution in [2.24, 2.45) is 0 Å². The lowest BCUT2D eigenvalue weighted by Crippen LogP contribution is -2.49. The fraction of sp³-hybridized carbons (Fsp3) is 0.478. The highest BCUT2D eigenvalue weighted by Gasteiger charge is 2.48. The van der Waals surface area contributed by atoms with E-state index >= 15 is 0 Å². The molecule has 2 heterocycles. The summed E-state index contributed by atoms with van der Waals surface area (Å²) in [6, 6.07) is 15.9. The summed E-state index contributed by atoms with van der Waals surface area (Å²) in [5.41, 5.74) is 4.25. The molecule has 2 aliphatic heterocycles. The molecule has 2 unspecified atom stereocenters. The van der Waals surface area contributed by atoms with E-state index in [4.69, 9.17) is 4.74 Å². The summed E-state index contributed by atoms with van der Waals surface area (Å²) in [5, 5.41) is 3.65.